The van der Waals surface area contributed by atoms with Gasteiger partial charge in [0.15, 0.2) is 5.78 Å². The molecular weight excluding hydrogens is 387 g/mol. The number of hydrogen-bond donors (Lipinski definition) is 1. The Morgan fingerprint density at radius 3 is 2.07 bits per heavy atom. The Balaban J connectivity index is 1.61. The van der Waals surface area contributed by atoms with E-state index in [0.29, 0.717) is 24.5 Å². The van der Waals surface area contributed by atoms with Crippen LogP contribution in [0.1, 0.15) is 32.1 Å². The highest BCUT2D eigenvalue weighted by atomic mass is 31.2. The third-order valence-corrected chi connectivity index (χ3v) is 7.63. The molecule has 2 aromatic carbocycles. The van der Waals surface area contributed by atoms with E-state index in [1.54, 1.807) is 29.2 Å². The lowest BCUT2D eigenvalue weighted by molar-refractivity contribution is -0.133. The second-order valence-corrected chi connectivity index (χ2v) is 9.55. The number of nitrogens with one attached hydrogen (secondary N) is 1. The van der Waals surface area contributed by atoms with Gasteiger partial charge in [0, 0.05) is 6.54 Å². The maximum absolute atomic E-state index is 14.1. The number of rotatable bonds is 6. The van der Waals surface area contributed by atoms with E-state index in [1.807, 2.05) is 36.4 Å². The third kappa shape index (κ3) is 4.65. The van der Waals surface area contributed by atoms with Gasteiger partial charge < -0.3 is 19.3 Å². The van der Waals surface area contributed by atoms with Crippen molar-refractivity contribution in [1.82, 2.24) is 10.2 Å². The van der Waals surface area contributed by atoms with Gasteiger partial charge in [0.2, 0.25) is 5.91 Å². The summed E-state index contributed by atoms with van der Waals surface area (Å²) in [6.07, 6.45) is 4.30. The number of amides is 1. The fourth-order valence-corrected chi connectivity index (χ4v) is 6.18. The van der Waals surface area contributed by atoms with Crippen LogP contribution in [0.2, 0.25) is 0 Å². The Labute approximate surface area is 171 Å². The molecule has 29 heavy (non-hydrogen) atoms. The molecule has 0 saturated carbocycles. The fourth-order valence-electron chi connectivity index (χ4n) is 3.99. The maximum atomic E-state index is 14.1. The van der Waals surface area contributed by atoms with Crippen molar-refractivity contribution in [2.45, 2.75) is 43.9 Å². The Kier molecular flexibility index (Phi) is 6.22. The summed E-state index contributed by atoms with van der Waals surface area (Å²) in [5.74, 6) is 0.351. The van der Waals surface area contributed by atoms with Crippen LogP contribution in [0.15, 0.2) is 60.7 Å². The van der Waals surface area contributed by atoms with Crippen molar-refractivity contribution in [3.05, 3.63) is 60.7 Å². The molecule has 2 atom stereocenters. The van der Waals surface area contributed by atoms with Gasteiger partial charge in [0.05, 0.1) is 6.04 Å². The first-order valence-corrected chi connectivity index (χ1v) is 11.9. The average Bonchev–Trinajstić information content (AvgIpc) is 3.26. The minimum atomic E-state index is -3.69. The van der Waals surface area contributed by atoms with Gasteiger partial charge >= 0.3 is 7.60 Å². The normalized spacial score (nSPS) is 22.3. The molecule has 2 heterocycles. The van der Waals surface area contributed by atoms with E-state index < -0.39 is 13.4 Å². The second-order valence-electron chi connectivity index (χ2n) is 7.51. The summed E-state index contributed by atoms with van der Waals surface area (Å²) in [7, 11) is -3.69. The summed E-state index contributed by atoms with van der Waals surface area (Å²) in [4.78, 5) is 14.9. The number of para-hydroxylation sites is 2. The molecule has 2 saturated heterocycles. The number of piperidine rings is 1. The maximum Gasteiger partial charge on any atom is 0.453 e. The minimum absolute atomic E-state index is 0.000693. The van der Waals surface area contributed by atoms with E-state index in [4.69, 9.17) is 9.05 Å². The lowest BCUT2D eigenvalue weighted by Crippen LogP contribution is -2.50. The van der Waals surface area contributed by atoms with Gasteiger partial charge in [-0.2, -0.15) is 0 Å². The monoisotopic (exact) mass is 414 g/mol. The number of carbonyl (C=O) groups is 1. The molecule has 1 N–H and O–H groups in total. The van der Waals surface area contributed by atoms with Crippen LogP contribution >= 0.6 is 7.60 Å². The van der Waals surface area contributed by atoms with Crippen LogP contribution in [-0.4, -0.2) is 35.7 Å². The summed E-state index contributed by atoms with van der Waals surface area (Å²) in [6, 6.07) is 17.8. The van der Waals surface area contributed by atoms with Crippen LogP contribution in [0.5, 0.6) is 11.5 Å². The smallest absolute Gasteiger partial charge is 0.415 e. The summed E-state index contributed by atoms with van der Waals surface area (Å²) >= 11 is 0. The predicted octanol–water partition coefficient (Wildman–Crippen LogP) is 4.43. The van der Waals surface area contributed by atoms with Crippen LogP contribution in [-0.2, 0) is 9.36 Å². The number of benzene rings is 2. The van der Waals surface area contributed by atoms with Gasteiger partial charge in [-0.15, -0.1) is 0 Å². The van der Waals surface area contributed by atoms with Gasteiger partial charge in [-0.25, -0.2) is 4.57 Å². The van der Waals surface area contributed by atoms with E-state index in [-0.39, 0.29) is 11.9 Å². The number of carbonyl (C=O) groups excluding carboxylic acids is 1. The third-order valence-electron chi connectivity index (χ3n) is 5.43. The fraction of sp³-hybridized carbons (Fsp3) is 0.409. The summed E-state index contributed by atoms with van der Waals surface area (Å²) in [5.41, 5.74) is 0. The lowest BCUT2D eigenvalue weighted by Gasteiger charge is -2.34. The first-order chi connectivity index (χ1) is 14.2. The van der Waals surface area contributed by atoms with E-state index in [0.717, 1.165) is 32.2 Å². The molecule has 7 heteroatoms. The zero-order valence-corrected chi connectivity index (χ0v) is 17.3. The van der Waals surface area contributed by atoms with Crippen molar-refractivity contribution < 1.29 is 18.4 Å². The largest absolute Gasteiger partial charge is 0.453 e. The predicted molar refractivity (Wildman–Crippen MR) is 112 cm³/mol. The molecule has 0 aromatic heterocycles. The number of hydrogen-bond acceptors (Lipinski definition) is 5. The molecule has 0 radical (unpaired) electrons. The molecular formula is C22H27N2O4P. The summed E-state index contributed by atoms with van der Waals surface area (Å²) < 4.78 is 26.0. The molecule has 4 rings (SSSR count). The molecule has 2 aliphatic heterocycles. The van der Waals surface area contributed by atoms with Crippen LogP contribution < -0.4 is 14.4 Å². The first-order valence-electron chi connectivity index (χ1n) is 10.3. The molecule has 0 aliphatic carbocycles. The molecule has 0 spiro atoms. The lowest BCUT2D eigenvalue weighted by atomic mass is 10.0. The van der Waals surface area contributed by atoms with Gasteiger partial charge in [0.1, 0.15) is 11.5 Å². The average molecular weight is 414 g/mol. The van der Waals surface area contributed by atoms with Crippen LogP contribution in [0.25, 0.3) is 0 Å². The zero-order valence-electron chi connectivity index (χ0n) is 16.4. The van der Waals surface area contributed by atoms with Gasteiger partial charge in [-0.3, -0.25) is 4.79 Å². The van der Waals surface area contributed by atoms with Crippen LogP contribution in [0, 0.1) is 0 Å². The van der Waals surface area contributed by atoms with Crippen molar-refractivity contribution in [2.75, 3.05) is 13.1 Å². The highest BCUT2D eigenvalue weighted by Gasteiger charge is 2.48. The number of nitrogens with zero attached hydrogens (tertiary/aromatic N) is 1. The molecule has 154 valence electrons. The van der Waals surface area contributed by atoms with Gasteiger partial charge in [-0.1, -0.05) is 42.8 Å². The molecule has 2 aromatic rings. The van der Waals surface area contributed by atoms with E-state index in [1.165, 1.54) is 0 Å². The number of likely N-dealkylation sites (tertiary alicyclic amines) is 1. The standard InChI is InChI=1S/C22H27N2O4P/c25-22(20-14-7-8-16-23-20)24-17-9-15-21(24)29(26,27-18-10-3-1-4-11-18)28-19-12-5-2-6-13-19/h1-6,10-13,20-21,23H,7-9,14-17H2/t20-,21-/m0/s1. The molecule has 6 nitrogen and oxygen atoms in total. The quantitative estimate of drug-likeness (QED) is 0.709. The van der Waals surface area contributed by atoms with Crippen LogP contribution in [0.4, 0.5) is 0 Å². The van der Waals surface area contributed by atoms with Crippen molar-refractivity contribution in [2.24, 2.45) is 0 Å². The first kappa shape index (κ1) is 20.0. The second kappa shape index (κ2) is 9.02. The van der Waals surface area contributed by atoms with Crippen molar-refractivity contribution >= 4 is 13.5 Å². The Bertz CT molecular complexity index is 810. The zero-order chi connectivity index (χ0) is 20.1. The Hall–Kier alpha value is -2.30. The van der Waals surface area contributed by atoms with Crippen LogP contribution in [0.3, 0.4) is 0 Å². The van der Waals surface area contributed by atoms with E-state index >= 15 is 0 Å². The summed E-state index contributed by atoms with van der Waals surface area (Å²) in [5, 5.41) is 3.30. The molecule has 2 aliphatic rings. The minimum Gasteiger partial charge on any atom is -0.415 e. The van der Waals surface area contributed by atoms with Gasteiger partial charge in [0.25, 0.3) is 0 Å². The highest BCUT2D eigenvalue weighted by molar-refractivity contribution is 7.55. The molecule has 1 amide bonds. The highest BCUT2D eigenvalue weighted by Crippen LogP contribution is 2.57. The van der Waals surface area contributed by atoms with E-state index in [2.05, 4.69) is 5.32 Å². The van der Waals surface area contributed by atoms with E-state index in [9.17, 15) is 9.36 Å². The SMILES string of the molecule is O=C([C@@H]1CCCCN1)N1CCC[C@@H]1P(=O)(Oc1ccccc1)Oc1ccccc1. The van der Waals surface area contributed by atoms with Crippen molar-refractivity contribution in [3.63, 3.8) is 0 Å². The van der Waals surface area contributed by atoms with Gasteiger partial charge in [-0.05, 0) is 56.5 Å². The summed E-state index contributed by atoms with van der Waals surface area (Å²) in [6.45, 7) is 1.41. The molecule has 0 unspecified atom stereocenters. The topological polar surface area (TPSA) is 67.9 Å². The van der Waals surface area contributed by atoms with Crippen molar-refractivity contribution in [1.29, 1.82) is 0 Å². The Morgan fingerprint density at radius 2 is 1.52 bits per heavy atom. The van der Waals surface area contributed by atoms with Crippen molar-refractivity contribution in [3.8, 4) is 11.5 Å². The molecule has 0 bridgehead atoms. The Morgan fingerprint density at radius 1 is 0.897 bits per heavy atom. The molecule has 2 fully saturated rings.